The smallest absolute Gasteiger partial charge is 0.251 e. The van der Waals surface area contributed by atoms with E-state index in [2.05, 4.69) is 4.72 Å². The Hall–Kier alpha value is -0.600. The number of halogens is 2. The normalized spacial score (nSPS) is 13.3. The first-order valence-electron chi connectivity index (χ1n) is 7.45. The molecule has 1 aromatic heterocycles. The van der Waals surface area contributed by atoms with E-state index in [-0.39, 0.29) is 4.21 Å². The Morgan fingerprint density at radius 3 is 2.24 bits per heavy atom. The third-order valence-electron chi connectivity index (χ3n) is 2.99. The Morgan fingerprint density at radius 2 is 1.76 bits per heavy atom. The van der Waals surface area contributed by atoms with Gasteiger partial charge in [-0.05, 0) is 43.7 Å². The van der Waals surface area contributed by atoms with Crippen molar-refractivity contribution in [1.29, 1.82) is 0 Å². The third-order valence-corrected chi connectivity index (χ3v) is 8.18. The summed E-state index contributed by atoms with van der Waals surface area (Å²) >= 11 is 6.79. The van der Waals surface area contributed by atoms with Crippen LogP contribution >= 0.6 is 31.3 Å². The van der Waals surface area contributed by atoms with E-state index in [9.17, 15) is 12.8 Å². The highest BCUT2D eigenvalue weighted by Crippen LogP contribution is 2.52. The second kappa shape index (κ2) is 9.37. The number of thiophene rings is 1. The molecular formula is C15H18ClFNO4PS2. The van der Waals surface area contributed by atoms with Crippen LogP contribution in [0, 0.1) is 5.82 Å². The molecule has 0 aliphatic carbocycles. The lowest BCUT2D eigenvalue weighted by Gasteiger charge is -2.26. The van der Waals surface area contributed by atoms with Crippen molar-refractivity contribution in [2.75, 3.05) is 13.2 Å². The van der Waals surface area contributed by atoms with Crippen molar-refractivity contribution >= 4 is 41.3 Å². The van der Waals surface area contributed by atoms with E-state index in [1.807, 2.05) is 0 Å². The molecule has 10 heteroatoms. The average Bonchev–Trinajstić information content (AvgIpc) is 3.01. The first kappa shape index (κ1) is 20.7. The van der Waals surface area contributed by atoms with Crippen LogP contribution in [0.25, 0.3) is 0 Å². The molecule has 5 nitrogen and oxygen atoms in total. The lowest BCUT2D eigenvalue weighted by atomic mass is 10.2. The van der Waals surface area contributed by atoms with E-state index in [1.165, 1.54) is 36.4 Å². The van der Waals surface area contributed by atoms with Gasteiger partial charge < -0.3 is 9.05 Å². The van der Waals surface area contributed by atoms with Crippen molar-refractivity contribution in [2.45, 2.75) is 23.8 Å². The Kier molecular flexibility index (Phi) is 7.76. The Morgan fingerprint density at radius 1 is 1.16 bits per heavy atom. The van der Waals surface area contributed by atoms with Gasteiger partial charge in [0, 0.05) is 0 Å². The summed E-state index contributed by atoms with van der Waals surface area (Å²) in [4.78, 5) is 0. The summed E-state index contributed by atoms with van der Waals surface area (Å²) in [6.07, 6.45) is 0. The number of hydrogen-bond donors (Lipinski definition) is 1. The van der Waals surface area contributed by atoms with E-state index < -0.39 is 30.0 Å². The second-order valence-corrected chi connectivity index (χ2v) is 10.0. The molecule has 25 heavy (non-hydrogen) atoms. The van der Waals surface area contributed by atoms with Crippen LogP contribution in [-0.2, 0) is 19.1 Å². The largest absolute Gasteiger partial charge is 0.333 e. The van der Waals surface area contributed by atoms with Crippen LogP contribution in [0.4, 0.5) is 4.39 Å². The number of sulfonamides is 1. The highest BCUT2D eigenvalue weighted by Gasteiger charge is 2.31. The third kappa shape index (κ3) is 5.69. The molecule has 0 aliphatic rings. The van der Waals surface area contributed by atoms with Crippen molar-refractivity contribution in [2.24, 2.45) is 0 Å². The van der Waals surface area contributed by atoms with Gasteiger partial charge in [0.25, 0.3) is 10.0 Å². The van der Waals surface area contributed by atoms with Crippen LogP contribution < -0.4 is 4.72 Å². The lowest BCUT2D eigenvalue weighted by molar-refractivity contribution is 0.260. The molecule has 0 saturated heterocycles. The fraction of sp³-hybridized carbons (Fsp3) is 0.333. The van der Waals surface area contributed by atoms with Gasteiger partial charge >= 0.3 is 0 Å². The topological polar surface area (TPSA) is 64.6 Å². The molecule has 0 saturated carbocycles. The Balaban J connectivity index is 2.37. The minimum Gasteiger partial charge on any atom is -0.333 e. The molecule has 0 radical (unpaired) electrons. The zero-order valence-corrected chi connectivity index (χ0v) is 16.9. The first-order chi connectivity index (χ1) is 11.9. The molecular weight excluding hydrogens is 408 g/mol. The van der Waals surface area contributed by atoms with Crippen LogP contribution in [0.15, 0.2) is 40.6 Å². The van der Waals surface area contributed by atoms with Crippen molar-refractivity contribution in [3.63, 3.8) is 0 Å². The average molecular weight is 426 g/mol. The van der Waals surface area contributed by atoms with Crippen molar-refractivity contribution in [3.8, 4) is 0 Å². The summed E-state index contributed by atoms with van der Waals surface area (Å²) in [5.74, 6) is -1.19. The van der Waals surface area contributed by atoms with Gasteiger partial charge in [-0.25, -0.2) is 12.8 Å². The molecule has 1 unspecified atom stereocenters. The second-order valence-electron chi connectivity index (χ2n) is 4.75. The summed E-state index contributed by atoms with van der Waals surface area (Å²) in [5.41, 5.74) is 0.556. The van der Waals surface area contributed by atoms with E-state index >= 15 is 0 Å². The molecule has 1 heterocycles. The van der Waals surface area contributed by atoms with Gasteiger partial charge in [0.1, 0.15) is 15.8 Å². The van der Waals surface area contributed by atoms with Crippen molar-refractivity contribution in [1.82, 2.24) is 4.72 Å². The number of benzene rings is 1. The monoisotopic (exact) mass is 425 g/mol. The fourth-order valence-corrected chi connectivity index (χ4v) is 6.58. The minimum atomic E-state index is -3.83. The molecule has 2 aromatic rings. The number of rotatable bonds is 9. The predicted molar refractivity (Wildman–Crippen MR) is 99.0 cm³/mol. The SMILES string of the molecule is CCOP(OCC)C(NS(=O)(=O)c1ccc(Cl)s1)c1ccc(F)cc1. The number of nitrogens with one attached hydrogen (secondary N) is 1. The molecule has 1 atom stereocenters. The van der Waals surface area contributed by atoms with Gasteiger partial charge in [0.2, 0.25) is 0 Å². The molecule has 0 spiro atoms. The van der Waals surface area contributed by atoms with E-state index in [4.69, 9.17) is 20.6 Å². The van der Waals surface area contributed by atoms with Gasteiger partial charge in [-0.1, -0.05) is 23.7 Å². The van der Waals surface area contributed by atoms with E-state index in [0.29, 0.717) is 23.1 Å². The van der Waals surface area contributed by atoms with Crippen LogP contribution in [-0.4, -0.2) is 21.6 Å². The predicted octanol–water partition coefficient (Wildman–Crippen LogP) is 4.90. The summed E-state index contributed by atoms with van der Waals surface area (Å²) in [7, 11) is -5.43. The molecule has 0 bridgehead atoms. The van der Waals surface area contributed by atoms with E-state index in [0.717, 1.165) is 11.3 Å². The quantitative estimate of drug-likeness (QED) is 0.580. The molecule has 138 valence electrons. The highest BCUT2D eigenvalue weighted by molar-refractivity contribution is 7.91. The minimum absolute atomic E-state index is 0.0903. The van der Waals surface area contributed by atoms with Crippen LogP contribution in [0.5, 0.6) is 0 Å². The van der Waals surface area contributed by atoms with Gasteiger partial charge in [0.05, 0.1) is 17.6 Å². The van der Waals surface area contributed by atoms with E-state index in [1.54, 1.807) is 13.8 Å². The molecule has 2 rings (SSSR count). The van der Waals surface area contributed by atoms with Gasteiger partial charge in [-0.15, -0.1) is 11.3 Å². The lowest BCUT2D eigenvalue weighted by Crippen LogP contribution is -2.28. The zero-order chi connectivity index (χ0) is 18.4. The van der Waals surface area contributed by atoms with Gasteiger partial charge in [-0.3, -0.25) is 0 Å². The summed E-state index contributed by atoms with van der Waals surface area (Å²) in [5, 5.41) is 0. The summed E-state index contributed by atoms with van der Waals surface area (Å²) < 4.78 is 52.9. The number of hydrogen-bond acceptors (Lipinski definition) is 5. The van der Waals surface area contributed by atoms with Crippen molar-refractivity contribution in [3.05, 3.63) is 52.1 Å². The van der Waals surface area contributed by atoms with Crippen LogP contribution in [0.2, 0.25) is 4.34 Å². The molecule has 1 aromatic carbocycles. The van der Waals surface area contributed by atoms with Gasteiger partial charge in [0.15, 0.2) is 8.38 Å². The summed E-state index contributed by atoms with van der Waals surface area (Å²) in [6.45, 7) is 4.30. The fourth-order valence-electron chi connectivity index (χ4n) is 1.97. The molecule has 0 fully saturated rings. The van der Waals surface area contributed by atoms with Crippen molar-refractivity contribution < 1.29 is 21.9 Å². The molecule has 0 aliphatic heterocycles. The zero-order valence-electron chi connectivity index (χ0n) is 13.6. The first-order valence-corrected chi connectivity index (χ1v) is 11.4. The van der Waals surface area contributed by atoms with Crippen LogP contribution in [0.3, 0.4) is 0 Å². The maximum Gasteiger partial charge on any atom is 0.251 e. The highest BCUT2D eigenvalue weighted by atomic mass is 35.5. The summed E-state index contributed by atoms with van der Waals surface area (Å²) in [6, 6.07) is 8.50. The Bertz CT molecular complexity index is 779. The Labute approximate surface area is 157 Å². The standard InChI is InChI=1S/C15H18ClFNO4PS2/c1-3-21-23(22-4-2)15(11-5-7-12(17)8-6-11)18-25(19,20)14-10-9-13(16)24-14/h5-10,15,18H,3-4H2,1-2H3. The van der Waals surface area contributed by atoms with Crippen LogP contribution in [0.1, 0.15) is 25.2 Å². The molecule has 0 amide bonds. The molecule has 1 N–H and O–H groups in total. The maximum absolute atomic E-state index is 13.2. The maximum atomic E-state index is 13.2. The van der Waals surface area contributed by atoms with Gasteiger partial charge in [-0.2, -0.15) is 4.72 Å².